The molecule has 1 aliphatic rings. The van der Waals surface area contributed by atoms with Crippen molar-refractivity contribution in [2.75, 3.05) is 7.11 Å². The van der Waals surface area contributed by atoms with Gasteiger partial charge in [0.25, 0.3) is 5.91 Å². The molecule has 29 heavy (non-hydrogen) atoms. The van der Waals surface area contributed by atoms with E-state index in [9.17, 15) is 4.79 Å². The third kappa shape index (κ3) is 3.45. The molecule has 0 aliphatic heterocycles. The van der Waals surface area contributed by atoms with Gasteiger partial charge < -0.3 is 10.1 Å². The molecule has 2 aromatic heterocycles. The third-order valence-electron chi connectivity index (χ3n) is 5.01. The summed E-state index contributed by atoms with van der Waals surface area (Å²) in [5.41, 5.74) is 4.52. The number of rotatable bonds is 5. The monoisotopic (exact) mass is 384 g/mol. The number of amides is 1. The summed E-state index contributed by atoms with van der Waals surface area (Å²) in [6.45, 7) is 0. The second-order valence-corrected chi connectivity index (χ2v) is 7.17. The van der Waals surface area contributed by atoms with E-state index >= 15 is 0 Å². The van der Waals surface area contributed by atoms with Crippen molar-refractivity contribution in [1.82, 2.24) is 19.9 Å². The van der Waals surface area contributed by atoms with Crippen molar-refractivity contribution in [1.29, 1.82) is 0 Å². The summed E-state index contributed by atoms with van der Waals surface area (Å²) < 4.78 is 7.16. The molecule has 1 aliphatic carbocycles. The highest BCUT2D eigenvalue weighted by Crippen LogP contribution is 2.28. The largest absolute Gasteiger partial charge is 0.497 e. The Morgan fingerprint density at radius 1 is 1.03 bits per heavy atom. The molecule has 4 aromatic rings. The van der Waals surface area contributed by atoms with Gasteiger partial charge in [0.15, 0.2) is 5.65 Å². The molecule has 0 saturated heterocycles. The van der Waals surface area contributed by atoms with Crippen LogP contribution in [0.2, 0.25) is 0 Å². The molecule has 144 valence electrons. The zero-order valence-electron chi connectivity index (χ0n) is 16.0. The Bertz CT molecular complexity index is 1200. The Morgan fingerprint density at radius 3 is 2.59 bits per heavy atom. The molecule has 0 atom stereocenters. The number of aromatic nitrogens is 3. The van der Waals surface area contributed by atoms with Gasteiger partial charge in [0.05, 0.1) is 18.5 Å². The summed E-state index contributed by atoms with van der Waals surface area (Å²) >= 11 is 0. The Hall–Kier alpha value is -3.67. The van der Waals surface area contributed by atoms with E-state index in [1.165, 1.54) is 0 Å². The van der Waals surface area contributed by atoms with Crippen LogP contribution in [0.15, 0.2) is 66.7 Å². The number of hydrogen-bond acceptors (Lipinski definition) is 4. The zero-order valence-corrected chi connectivity index (χ0v) is 16.0. The van der Waals surface area contributed by atoms with Gasteiger partial charge in [-0.25, -0.2) is 9.50 Å². The van der Waals surface area contributed by atoms with Crippen molar-refractivity contribution in [2.24, 2.45) is 0 Å². The van der Waals surface area contributed by atoms with Crippen molar-refractivity contribution in [3.63, 3.8) is 0 Å². The van der Waals surface area contributed by atoms with Crippen LogP contribution in [-0.2, 0) is 0 Å². The van der Waals surface area contributed by atoms with Gasteiger partial charge in [0.2, 0.25) is 0 Å². The van der Waals surface area contributed by atoms with Gasteiger partial charge in [0.1, 0.15) is 11.4 Å². The van der Waals surface area contributed by atoms with Crippen LogP contribution in [-0.4, -0.2) is 33.7 Å². The van der Waals surface area contributed by atoms with Gasteiger partial charge in [-0.05, 0) is 31.0 Å². The molecule has 0 unspecified atom stereocenters. The standard InChI is InChI=1S/C23H20N4O2/c1-29-18-9-5-8-16(12-18)21-13-20(23(28)24-17-10-11-17)25-22-14-19(26-27(21)22)15-6-3-2-4-7-15/h2-9,12-14,17H,10-11H2,1H3,(H,24,28). The zero-order chi connectivity index (χ0) is 19.8. The van der Waals surface area contributed by atoms with Crippen molar-refractivity contribution in [3.8, 4) is 28.3 Å². The molecule has 1 N–H and O–H groups in total. The molecular formula is C23H20N4O2. The van der Waals surface area contributed by atoms with E-state index in [0.29, 0.717) is 11.3 Å². The number of carbonyl (C=O) groups is 1. The molecule has 0 bridgehead atoms. The average Bonchev–Trinajstić information content (AvgIpc) is 3.47. The van der Waals surface area contributed by atoms with Gasteiger partial charge in [-0.2, -0.15) is 5.10 Å². The number of ether oxygens (including phenoxy) is 1. The lowest BCUT2D eigenvalue weighted by molar-refractivity contribution is 0.0946. The normalized spacial score (nSPS) is 13.4. The average molecular weight is 384 g/mol. The summed E-state index contributed by atoms with van der Waals surface area (Å²) in [5, 5.41) is 7.79. The van der Waals surface area contributed by atoms with Gasteiger partial charge in [-0.1, -0.05) is 42.5 Å². The van der Waals surface area contributed by atoms with Crippen LogP contribution >= 0.6 is 0 Å². The number of hydrogen-bond donors (Lipinski definition) is 1. The quantitative estimate of drug-likeness (QED) is 0.565. The van der Waals surface area contributed by atoms with E-state index in [-0.39, 0.29) is 11.9 Å². The maximum absolute atomic E-state index is 12.7. The van der Waals surface area contributed by atoms with Crippen molar-refractivity contribution in [2.45, 2.75) is 18.9 Å². The highest BCUT2D eigenvalue weighted by Gasteiger charge is 2.25. The highest BCUT2D eigenvalue weighted by molar-refractivity contribution is 5.94. The maximum atomic E-state index is 12.7. The molecule has 2 aromatic carbocycles. The molecule has 6 nitrogen and oxygen atoms in total. The molecule has 1 saturated carbocycles. The van der Waals surface area contributed by atoms with E-state index in [1.807, 2.05) is 60.7 Å². The lowest BCUT2D eigenvalue weighted by Gasteiger charge is -2.10. The summed E-state index contributed by atoms with van der Waals surface area (Å²) in [6.07, 6.45) is 2.06. The first-order chi connectivity index (χ1) is 14.2. The Balaban J connectivity index is 1.68. The van der Waals surface area contributed by atoms with E-state index in [4.69, 9.17) is 9.84 Å². The highest BCUT2D eigenvalue weighted by atomic mass is 16.5. The lowest BCUT2D eigenvalue weighted by Crippen LogP contribution is -2.26. The fraction of sp³-hybridized carbons (Fsp3) is 0.174. The molecule has 1 fully saturated rings. The minimum atomic E-state index is -0.151. The predicted molar refractivity (Wildman–Crippen MR) is 111 cm³/mol. The van der Waals surface area contributed by atoms with E-state index in [0.717, 1.165) is 41.1 Å². The van der Waals surface area contributed by atoms with Crippen molar-refractivity contribution >= 4 is 11.6 Å². The van der Waals surface area contributed by atoms with Gasteiger partial charge >= 0.3 is 0 Å². The fourth-order valence-corrected chi connectivity index (χ4v) is 3.32. The first kappa shape index (κ1) is 17.4. The van der Waals surface area contributed by atoms with E-state index < -0.39 is 0 Å². The number of nitrogens with zero attached hydrogens (tertiary/aromatic N) is 3. The lowest BCUT2D eigenvalue weighted by atomic mass is 10.1. The molecule has 1 amide bonds. The van der Waals surface area contributed by atoms with Crippen LogP contribution in [0.4, 0.5) is 0 Å². The molecular weight excluding hydrogens is 364 g/mol. The summed E-state index contributed by atoms with van der Waals surface area (Å²) in [5.74, 6) is 0.591. The summed E-state index contributed by atoms with van der Waals surface area (Å²) in [4.78, 5) is 17.3. The maximum Gasteiger partial charge on any atom is 0.270 e. The molecule has 2 heterocycles. The summed E-state index contributed by atoms with van der Waals surface area (Å²) in [7, 11) is 1.64. The second kappa shape index (κ2) is 7.05. The first-order valence-corrected chi connectivity index (χ1v) is 9.63. The predicted octanol–water partition coefficient (Wildman–Crippen LogP) is 3.96. The van der Waals surface area contributed by atoms with E-state index in [1.54, 1.807) is 17.7 Å². The van der Waals surface area contributed by atoms with Crippen LogP contribution in [0.25, 0.3) is 28.2 Å². The number of nitrogens with one attached hydrogen (secondary N) is 1. The number of methoxy groups -OCH3 is 1. The molecule has 6 heteroatoms. The third-order valence-corrected chi connectivity index (χ3v) is 5.01. The molecule has 0 radical (unpaired) electrons. The van der Waals surface area contributed by atoms with Gasteiger partial charge in [0, 0.05) is 23.2 Å². The Kier molecular flexibility index (Phi) is 4.24. The number of fused-ring (bicyclic) bond motifs is 1. The minimum absolute atomic E-state index is 0.151. The summed E-state index contributed by atoms with van der Waals surface area (Å²) in [6, 6.07) is 21.6. The van der Waals surface area contributed by atoms with Crippen LogP contribution in [0.5, 0.6) is 5.75 Å². The van der Waals surface area contributed by atoms with E-state index in [2.05, 4.69) is 10.3 Å². The van der Waals surface area contributed by atoms with Crippen LogP contribution in [0.3, 0.4) is 0 Å². The van der Waals surface area contributed by atoms with Gasteiger partial charge in [-0.15, -0.1) is 0 Å². The Labute approximate surface area is 168 Å². The fourth-order valence-electron chi connectivity index (χ4n) is 3.32. The van der Waals surface area contributed by atoms with Crippen molar-refractivity contribution < 1.29 is 9.53 Å². The SMILES string of the molecule is COc1cccc(-c2cc(C(=O)NC3CC3)nc3cc(-c4ccccc4)nn23)c1. The minimum Gasteiger partial charge on any atom is -0.497 e. The van der Waals surface area contributed by atoms with Crippen molar-refractivity contribution in [3.05, 3.63) is 72.4 Å². The first-order valence-electron chi connectivity index (χ1n) is 9.63. The number of benzene rings is 2. The number of carbonyl (C=O) groups excluding carboxylic acids is 1. The Morgan fingerprint density at radius 2 is 1.83 bits per heavy atom. The van der Waals surface area contributed by atoms with Crippen LogP contribution in [0.1, 0.15) is 23.3 Å². The smallest absolute Gasteiger partial charge is 0.270 e. The van der Waals surface area contributed by atoms with Crippen LogP contribution < -0.4 is 10.1 Å². The van der Waals surface area contributed by atoms with Gasteiger partial charge in [-0.3, -0.25) is 4.79 Å². The molecule has 5 rings (SSSR count). The topological polar surface area (TPSA) is 68.5 Å². The van der Waals surface area contributed by atoms with Crippen LogP contribution in [0, 0.1) is 0 Å². The molecule has 0 spiro atoms. The second-order valence-electron chi connectivity index (χ2n) is 7.17.